The first-order valence-corrected chi connectivity index (χ1v) is 25.7. The molecule has 0 saturated carbocycles. The SMILES string of the molecule is Cc1cc2c3c(c1)N(c1ccc(C(C)(C)C)cc1)c1c(oc4cc5c(cc14)C(C)(C)CCC5(C)C)B3c1cc3oc4c(C(C)(C)C)cccc4c3cc1N2c1ccc(C(C)(C)C)cc1-c1ccccc1. The predicted molar refractivity (Wildman–Crippen MR) is 299 cm³/mol. The number of hydrogen-bond donors (Lipinski definition) is 0. The van der Waals surface area contributed by atoms with Crippen LogP contribution in [0.5, 0.6) is 0 Å². The summed E-state index contributed by atoms with van der Waals surface area (Å²) in [7, 11) is 0. The van der Waals surface area contributed by atoms with Crippen LogP contribution in [0.4, 0.5) is 34.1 Å². The molecule has 70 heavy (non-hydrogen) atoms. The van der Waals surface area contributed by atoms with E-state index in [1.54, 1.807) is 0 Å². The normalized spacial score (nSPS) is 16.2. The van der Waals surface area contributed by atoms with Crippen LogP contribution in [-0.4, -0.2) is 6.71 Å². The summed E-state index contributed by atoms with van der Waals surface area (Å²) in [6.45, 7) is 32.4. The number of rotatable bonds is 3. The van der Waals surface area contributed by atoms with E-state index in [-0.39, 0.29) is 33.8 Å². The summed E-state index contributed by atoms with van der Waals surface area (Å²) >= 11 is 0. The van der Waals surface area contributed by atoms with Crippen LogP contribution in [0, 0.1) is 6.92 Å². The van der Waals surface area contributed by atoms with Crippen LogP contribution in [0.1, 0.15) is 136 Å². The van der Waals surface area contributed by atoms with Crippen molar-refractivity contribution in [3.05, 3.63) is 161 Å². The van der Waals surface area contributed by atoms with Gasteiger partial charge in [0.25, 0.3) is 6.71 Å². The van der Waals surface area contributed by atoms with Crippen LogP contribution < -0.4 is 26.4 Å². The van der Waals surface area contributed by atoms with Gasteiger partial charge in [-0.15, -0.1) is 0 Å². The number of hydrogen-bond acceptors (Lipinski definition) is 4. The highest BCUT2D eigenvalue weighted by atomic mass is 16.3. The molecule has 1 aliphatic carbocycles. The molecule has 4 nitrogen and oxygen atoms in total. The Morgan fingerprint density at radius 1 is 0.514 bits per heavy atom. The minimum Gasteiger partial charge on any atom is -0.468 e. The Hall–Kier alpha value is -6.46. The second-order valence-electron chi connectivity index (χ2n) is 25.4. The highest BCUT2D eigenvalue weighted by Crippen LogP contribution is 2.53. The number of fused-ring (bicyclic) bond motifs is 10. The fraction of sp³-hybridized carbons (Fsp3) is 0.323. The van der Waals surface area contributed by atoms with Gasteiger partial charge in [-0.1, -0.05) is 157 Å². The van der Waals surface area contributed by atoms with E-state index in [1.807, 2.05) is 0 Å². The molecule has 0 saturated heterocycles. The average molecular weight is 919 g/mol. The molecule has 2 aliphatic heterocycles. The van der Waals surface area contributed by atoms with E-state index in [4.69, 9.17) is 8.83 Å². The molecule has 7 aromatic carbocycles. The predicted octanol–water partition coefficient (Wildman–Crippen LogP) is 16.6. The van der Waals surface area contributed by atoms with Crippen molar-refractivity contribution < 1.29 is 8.83 Å². The van der Waals surface area contributed by atoms with Crippen molar-refractivity contribution >= 4 is 90.3 Å². The molecule has 352 valence electrons. The lowest BCUT2D eigenvalue weighted by molar-refractivity contribution is 0.332. The third kappa shape index (κ3) is 6.70. The van der Waals surface area contributed by atoms with Crippen molar-refractivity contribution in [2.75, 3.05) is 9.80 Å². The maximum atomic E-state index is 7.62. The molecule has 2 aromatic heterocycles. The Morgan fingerprint density at radius 3 is 1.80 bits per heavy atom. The molecule has 0 radical (unpaired) electrons. The highest BCUT2D eigenvalue weighted by Gasteiger charge is 2.48. The van der Waals surface area contributed by atoms with E-state index in [0.29, 0.717) is 0 Å². The number of para-hydroxylation sites is 1. The van der Waals surface area contributed by atoms with Crippen LogP contribution in [0.15, 0.2) is 136 Å². The van der Waals surface area contributed by atoms with E-state index in [1.165, 1.54) is 72.2 Å². The van der Waals surface area contributed by atoms with E-state index in [9.17, 15) is 0 Å². The van der Waals surface area contributed by atoms with Gasteiger partial charge in [-0.05, 0) is 152 Å². The Labute approximate surface area is 415 Å². The van der Waals surface area contributed by atoms with Gasteiger partial charge < -0.3 is 18.6 Å². The fourth-order valence-electron chi connectivity index (χ4n) is 12.2. The molecule has 0 atom stereocenters. The van der Waals surface area contributed by atoms with Gasteiger partial charge in [0.15, 0.2) is 0 Å². The Bertz CT molecular complexity index is 3620. The molecule has 0 amide bonds. The maximum absolute atomic E-state index is 7.62. The Morgan fingerprint density at radius 2 is 1.14 bits per heavy atom. The topological polar surface area (TPSA) is 32.8 Å². The van der Waals surface area contributed by atoms with Gasteiger partial charge in [0.1, 0.15) is 16.7 Å². The van der Waals surface area contributed by atoms with Gasteiger partial charge in [0.2, 0.25) is 0 Å². The molecule has 9 aromatic rings. The van der Waals surface area contributed by atoms with Gasteiger partial charge in [-0.2, -0.15) is 0 Å². The van der Waals surface area contributed by atoms with Crippen molar-refractivity contribution in [3.8, 4) is 11.1 Å². The molecule has 12 rings (SSSR count). The van der Waals surface area contributed by atoms with Crippen LogP contribution in [-0.2, 0) is 27.1 Å². The quantitative estimate of drug-likeness (QED) is 0.165. The standard InChI is InChI=1S/C65H67BN2O2/c1-38-31-53-57-54(32-38)68(51-28-25-41(62(5,6)7)33-44(51)39-19-16-15-17-20-39)52-35-45-43-21-18-22-47(63(8,9)10)59(43)69-56(45)37-50(52)66(57)60-58(67(53)42-26-23-40(24-27-42)61(2,3)4)46-34-48-49(36-55(46)70-60)65(13,14)30-29-64(48,11)12/h15-28,31-37H,29-30H2,1-14H3. The zero-order valence-corrected chi connectivity index (χ0v) is 43.8. The van der Waals surface area contributed by atoms with Gasteiger partial charge in [0.05, 0.1) is 17.0 Å². The van der Waals surface area contributed by atoms with E-state index < -0.39 is 0 Å². The van der Waals surface area contributed by atoms with Crippen LogP contribution >= 0.6 is 0 Å². The first kappa shape index (κ1) is 44.7. The summed E-state index contributed by atoms with van der Waals surface area (Å²) in [5, 5.41) is 3.42. The molecule has 0 bridgehead atoms. The van der Waals surface area contributed by atoms with Crippen LogP contribution in [0.2, 0.25) is 0 Å². The summed E-state index contributed by atoms with van der Waals surface area (Å²) in [4.78, 5) is 5.12. The zero-order chi connectivity index (χ0) is 49.2. The zero-order valence-electron chi connectivity index (χ0n) is 43.8. The van der Waals surface area contributed by atoms with Crippen LogP contribution in [0.25, 0.3) is 44.0 Å². The summed E-state index contributed by atoms with van der Waals surface area (Å²) in [5.41, 5.74) is 23.2. The lowest BCUT2D eigenvalue weighted by Crippen LogP contribution is -2.61. The minimum atomic E-state index is -0.226. The second kappa shape index (κ2) is 14.8. The van der Waals surface area contributed by atoms with Gasteiger partial charge in [-0.3, -0.25) is 0 Å². The lowest BCUT2D eigenvalue weighted by Gasteiger charge is -2.43. The monoisotopic (exact) mass is 919 g/mol. The summed E-state index contributed by atoms with van der Waals surface area (Å²) in [6.07, 6.45) is 2.27. The molecule has 3 aliphatic rings. The molecule has 0 unspecified atom stereocenters. The molecule has 0 N–H and O–H groups in total. The Kier molecular flexibility index (Phi) is 9.45. The van der Waals surface area contributed by atoms with Crippen molar-refractivity contribution in [1.82, 2.24) is 0 Å². The molecular formula is C65H67BN2O2. The van der Waals surface area contributed by atoms with E-state index >= 15 is 0 Å². The lowest BCUT2D eigenvalue weighted by atomic mass is 9.35. The maximum Gasteiger partial charge on any atom is 0.297 e. The second-order valence-corrected chi connectivity index (χ2v) is 25.4. The van der Waals surface area contributed by atoms with Gasteiger partial charge >= 0.3 is 0 Å². The number of nitrogens with zero attached hydrogens (tertiary/aromatic N) is 2. The summed E-state index contributed by atoms with van der Waals surface area (Å²) < 4.78 is 14.8. The molecule has 4 heterocycles. The van der Waals surface area contributed by atoms with Gasteiger partial charge in [0, 0.05) is 50.0 Å². The molecule has 0 spiro atoms. The number of anilines is 6. The van der Waals surface area contributed by atoms with Crippen molar-refractivity contribution in [1.29, 1.82) is 0 Å². The summed E-state index contributed by atoms with van der Waals surface area (Å²) in [6, 6.07) is 48.7. The Balaban J connectivity index is 1.23. The summed E-state index contributed by atoms with van der Waals surface area (Å²) in [5.74, 6) is 0. The third-order valence-electron chi connectivity index (χ3n) is 16.4. The molecule has 5 heteroatoms. The van der Waals surface area contributed by atoms with E-state index in [2.05, 4.69) is 234 Å². The van der Waals surface area contributed by atoms with Crippen LogP contribution in [0.3, 0.4) is 0 Å². The van der Waals surface area contributed by atoms with E-state index in [0.717, 1.165) is 68.8 Å². The largest absolute Gasteiger partial charge is 0.468 e. The first-order chi connectivity index (χ1) is 33.0. The average Bonchev–Trinajstić information content (AvgIpc) is 3.86. The first-order valence-electron chi connectivity index (χ1n) is 25.7. The van der Waals surface area contributed by atoms with Gasteiger partial charge in [-0.25, -0.2) is 0 Å². The number of benzene rings is 7. The number of furan rings is 2. The third-order valence-corrected chi connectivity index (χ3v) is 16.4. The fourth-order valence-corrected chi connectivity index (χ4v) is 12.2. The minimum absolute atomic E-state index is 0.0117. The smallest absolute Gasteiger partial charge is 0.297 e. The number of aryl methyl sites for hydroxylation is 1. The highest BCUT2D eigenvalue weighted by molar-refractivity contribution is 7.00. The van der Waals surface area contributed by atoms with Crippen molar-refractivity contribution in [2.24, 2.45) is 0 Å². The van der Waals surface area contributed by atoms with Crippen molar-refractivity contribution in [3.63, 3.8) is 0 Å². The molecule has 0 fully saturated rings. The van der Waals surface area contributed by atoms with Crippen molar-refractivity contribution in [2.45, 2.75) is 137 Å². The molecular weight excluding hydrogens is 852 g/mol.